The van der Waals surface area contributed by atoms with Crippen LogP contribution in [0.3, 0.4) is 0 Å². The van der Waals surface area contributed by atoms with Crippen molar-refractivity contribution in [2.75, 3.05) is 19.8 Å². The zero-order chi connectivity index (χ0) is 25.5. The fourth-order valence-corrected chi connectivity index (χ4v) is 4.98. The van der Waals surface area contributed by atoms with Gasteiger partial charge in [0.15, 0.2) is 17.3 Å². The normalized spacial score (nSPS) is 15.4. The van der Waals surface area contributed by atoms with E-state index in [1.165, 1.54) is 11.3 Å². The predicted molar refractivity (Wildman–Crippen MR) is 141 cm³/mol. The quantitative estimate of drug-likeness (QED) is 0.236. The Morgan fingerprint density at radius 2 is 1.83 bits per heavy atom. The molecule has 1 aliphatic heterocycles. The van der Waals surface area contributed by atoms with Crippen molar-refractivity contribution in [3.63, 3.8) is 0 Å². The van der Waals surface area contributed by atoms with Crippen molar-refractivity contribution in [1.29, 1.82) is 0 Å². The van der Waals surface area contributed by atoms with Crippen molar-refractivity contribution in [1.82, 2.24) is 4.90 Å². The van der Waals surface area contributed by atoms with Gasteiger partial charge < -0.3 is 19.5 Å². The number of carbonyl (C=O) groups excluding carboxylic acids is 2. The van der Waals surface area contributed by atoms with Gasteiger partial charge in [-0.1, -0.05) is 55.8 Å². The fraction of sp³-hybridized carbons (Fsp3) is 0.310. The lowest BCUT2D eigenvalue weighted by molar-refractivity contribution is -0.129. The molecule has 0 spiro atoms. The van der Waals surface area contributed by atoms with Crippen LogP contribution in [-0.2, 0) is 11.2 Å². The lowest BCUT2D eigenvalue weighted by atomic mass is 9.95. The molecule has 36 heavy (non-hydrogen) atoms. The molecule has 4 rings (SSSR count). The number of amides is 1. The SMILES string of the molecule is CCCCOc1ccc(C2C(C(=O)c3cccs3)=C(O)C(=O)N2CCc2ccccc2)cc1OCC. The number of aliphatic hydroxyl groups is 1. The second-order valence-electron chi connectivity index (χ2n) is 8.55. The smallest absolute Gasteiger partial charge is 0.290 e. The molecule has 0 radical (unpaired) electrons. The maximum Gasteiger partial charge on any atom is 0.290 e. The average molecular weight is 506 g/mol. The Morgan fingerprint density at radius 1 is 1.03 bits per heavy atom. The molecule has 1 N–H and O–H groups in total. The molecule has 3 aromatic rings. The van der Waals surface area contributed by atoms with Crippen LogP contribution in [0.4, 0.5) is 0 Å². The highest BCUT2D eigenvalue weighted by Gasteiger charge is 2.44. The maximum absolute atomic E-state index is 13.5. The van der Waals surface area contributed by atoms with Crippen molar-refractivity contribution in [2.24, 2.45) is 0 Å². The molecule has 0 saturated heterocycles. The maximum atomic E-state index is 13.5. The van der Waals surface area contributed by atoms with Crippen LogP contribution in [0.2, 0.25) is 0 Å². The molecule has 7 heteroatoms. The van der Waals surface area contributed by atoms with E-state index in [0.717, 1.165) is 18.4 Å². The van der Waals surface area contributed by atoms with Gasteiger partial charge in [-0.3, -0.25) is 9.59 Å². The summed E-state index contributed by atoms with van der Waals surface area (Å²) in [7, 11) is 0. The topological polar surface area (TPSA) is 76.1 Å². The highest BCUT2D eigenvalue weighted by molar-refractivity contribution is 7.12. The molecule has 1 aliphatic rings. The van der Waals surface area contributed by atoms with E-state index in [-0.39, 0.29) is 11.4 Å². The Balaban J connectivity index is 1.72. The van der Waals surface area contributed by atoms with Gasteiger partial charge in [0.1, 0.15) is 0 Å². The van der Waals surface area contributed by atoms with E-state index in [9.17, 15) is 14.7 Å². The van der Waals surface area contributed by atoms with Gasteiger partial charge >= 0.3 is 0 Å². The lowest BCUT2D eigenvalue weighted by Gasteiger charge is -2.27. The monoisotopic (exact) mass is 505 g/mol. The summed E-state index contributed by atoms with van der Waals surface area (Å²) in [5.41, 5.74) is 1.85. The van der Waals surface area contributed by atoms with Crippen LogP contribution < -0.4 is 9.47 Å². The summed E-state index contributed by atoms with van der Waals surface area (Å²) >= 11 is 1.29. The first-order chi connectivity index (χ1) is 17.5. The fourth-order valence-electron chi connectivity index (χ4n) is 4.31. The molecule has 1 aromatic heterocycles. The number of nitrogens with zero attached hydrogens (tertiary/aromatic N) is 1. The van der Waals surface area contributed by atoms with Crippen LogP contribution in [0.1, 0.15) is 53.5 Å². The number of aliphatic hydroxyl groups excluding tert-OH is 1. The highest BCUT2D eigenvalue weighted by Crippen LogP contribution is 2.42. The highest BCUT2D eigenvalue weighted by atomic mass is 32.1. The van der Waals surface area contributed by atoms with Gasteiger partial charge in [-0.15, -0.1) is 11.3 Å². The molecule has 2 heterocycles. The van der Waals surface area contributed by atoms with Gasteiger partial charge in [-0.25, -0.2) is 0 Å². The van der Waals surface area contributed by atoms with Gasteiger partial charge in [0.2, 0.25) is 5.78 Å². The van der Waals surface area contributed by atoms with E-state index in [2.05, 4.69) is 6.92 Å². The number of carbonyl (C=O) groups is 2. The van der Waals surface area contributed by atoms with Crippen LogP contribution in [0.25, 0.3) is 0 Å². The molecule has 0 saturated carbocycles. The van der Waals surface area contributed by atoms with E-state index in [0.29, 0.717) is 48.1 Å². The van der Waals surface area contributed by atoms with E-state index in [1.54, 1.807) is 22.4 Å². The first-order valence-electron chi connectivity index (χ1n) is 12.3. The first-order valence-corrected chi connectivity index (χ1v) is 13.2. The van der Waals surface area contributed by atoms with Gasteiger partial charge in [-0.2, -0.15) is 0 Å². The Kier molecular flexibility index (Phi) is 8.44. The molecular formula is C29H31NO5S. The third-order valence-electron chi connectivity index (χ3n) is 6.12. The van der Waals surface area contributed by atoms with Crippen LogP contribution in [-0.4, -0.2) is 41.5 Å². The van der Waals surface area contributed by atoms with Gasteiger partial charge in [0.25, 0.3) is 5.91 Å². The largest absolute Gasteiger partial charge is 0.503 e. The lowest BCUT2D eigenvalue weighted by Crippen LogP contribution is -2.33. The summed E-state index contributed by atoms with van der Waals surface area (Å²) in [4.78, 5) is 28.8. The summed E-state index contributed by atoms with van der Waals surface area (Å²) in [5.74, 6) is -0.210. The number of rotatable bonds is 12. The summed E-state index contributed by atoms with van der Waals surface area (Å²) < 4.78 is 11.8. The Labute approximate surface area is 215 Å². The minimum atomic E-state index is -0.736. The number of Topliss-reactive ketones (excluding diaryl/α,β-unsaturated/α-hetero) is 1. The summed E-state index contributed by atoms with van der Waals surface area (Å²) in [5, 5.41) is 12.7. The summed E-state index contributed by atoms with van der Waals surface area (Å²) in [6.45, 7) is 5.35. The molecule has 1 unspecified atom stereocenters. The molecule has 0 bridgehead atoms. The summed E-state index contributed by atoms with van der Waals surface area (Å²) in [6, 6.07) is 18.1. The average Bonchev–Trinajstić information content (AvgIpc) is 3.52. The van der Waals surface area contributed by atoms with Crippen LogP contribution >= 0.6 is 11.3 Å². The van der Waals surface area contributed by atoms with Gasteiger partial charge in [0, 0.05) is 6.54 Å². The van der Waals surface area contributed by atoms with Crippen molar-refractivity contribution in [3.8, 4) is 11.5 Å². The minimum Gasteiger partial charge on any atom is -0.503 e. The van der Waals surface area contributed by atoms with E-state index < -0.39 is 17.7 Å². The molecule has 1 atom stereocenters. The van der Waals surface area contributed by atoms with Crippen molar-refractivity contribution < 1.29 is 24.2 Å². The second kappa shape index (κ2) is 11.9. The third kappa shape index (κ3) is 5.46. The van der Waals surface area contributed by atoms with Crippen molar-refractivity contribution in [2.45, 2.75) is 39.2 Å². The molecule has 0 aliphatic carbocycles. The zero-order valence-corrected chi connectivity index (χ0v) is 21.4. The van der Waals surface area contributed by atoms with E-state index in [4.69, 9.17) is 9.47 Å². The molecule has 1 amide bonds. The van der Waals surface area contributed by atoms with Crippen molar-refractivity contribution in [3.05, 3.63) is 93.4 Å². The van der Waals surface area contributed by atoms with Crippen LogP contribution in [0.5, 0.6) is 11.5 Å². The van der Waals surface area contributed by atoms with Crippen LogP contribution in [0.15, 0.2) is 77.4 Å². The second-order valence-corrected chi connectivity index (χ2v) is 9.49. The summed E-state index contributed by atoms with van der Waals surface area (Å²) in [6.07, 6.45) is 2.53. The molecule has 2 aromatic carbocycles. The number of ketones is 1. The number of unbranched alkanes of at least 4 members (excludes halogenated alkanes) is 1. The van der Waals surface area contributed by atoms with Crippen molar-refractivity contribution >= 4 is 23.0 Å². The minimum absolute atomic E-state index is 0.0950. The standard InChI is InChI=1S/C29H31NO5S/c1-3-5-17-35-22-14-13-21(19-23(22)34-4-2)26-25(27(31)24-12-9-18-36-24)28(32)29(33)30(26)16-15-20-10-7-6-8-11-20/h6-14,18-19,26,32H,3-5,15-17H2,1-2H3. The predicted octanol–water partition coefficient (Wildman–Crippen LogP) is 6.15. The molecule has 0 fully saturated rings. The van der Waals surface area contributed by atoms with Gasteiger partial charge in [0.05, 0.1) is 29.7 Å². The third-order valence-corrected chi connectivity index (χ3v) is 6.98. The Bertz CT molecular complexity index is 1220. The number of hydrogen-bond donors (Lipinski definition) is 1. The van der Waals surface area contributed by atoms with E-state index >= 15 is 0 Å². The Hall–Kier alpha value is -3.58. The number of thiophene rings is 1. The molecular weight excluding hydrogens is 474 g/mol. The van der Waals surface area contributed by atoms with Gasteiger partial charge in [-0.05, 0) is 54.5 Å². The Morgan fingerprint density at radius 3 is 2.53 bits per heavy atom. The zero-order valence-electron chi connectivity index (χ0n) is 20.6. The van der Waals surface area contributed by atoms with E-state index in [1.807, 2.05) is 55.5 Å². The number of benzene rings is 2. The number of hydrogen-bond acceptors (Lipinski definition) is 6. The molecule has 6 nitrogen and oxygen atoms in total. The molecule has 188 valence electrons. The number of ether oxygens (including phenoxy) is 2. The van der Waals surface area contributed by atoms with Crippen LogP contribution in [0, 0.1) is 0 Å². The first kappa shape index (κ1) is 25.5.